The molecule has 0 heterocycles. The van der Waals surface area contributed by atoms with Crippen molar-refractivity contribution in [3.8, 4) is 0 Å². The Labute approximate surface area is 173 Å². The third-order valence-electron chi connectivity index (χ3n) is 3.78. The fourth-order valence-electron chi connectivity index (χ4n) is 2.56. The van der Waals surface area contributed by atoms with E-state index in [0.29, 0.717) is 5.56 Å². The summed E-state index contributed by atoms with van der Waals surface area (Å²) in [5.41, 5.74) is 2.53. The molecule has 0 radical (unpaired) electrons. The third kappa shape index (κ3) is 4.19. The summed E-state index contributed by atoms with van der Waals surface area (Å²) in [5, 5.41) is 7.99. The molecule has 0 atom stereocenters. The van der Waals surface area contributed by atoms with Crippen molar-refractivity contribution < 1.29 is 4.79 Å². The Balaban J connectivity index is 1.80. The first-order chi connectivity index (χ1) is 12.0. The van der Waals surface area contributed by atoms with Crippen LogP contribution in [0, 0.1) is 10.5 Å². The second-order valence-electron chi connectivity index (χ2n) is 5.51. The molecule has 6 heteroatoms. The van der Waals surface area contributed by atoms with Crippen molar-refractivity contribution in [2.75, 3.05) is 5.32 Å². The first-order valence-electron chi connectivity index (χ1n) is 7.51. The topological polar surface area (TPSA) is 41.1 Å². The summed E-state index contributed by atoms with van der Waals surface area (Å²) < 4.78 is 2.10. The third-order valence-corrected chi connectivity index (χ3v) is 5.34. The highest BCUT2D eigenvalue weighted by atomic mass is 127. The zero-order valence-corrected chi connectivity index (χ0v) is 17.8. The number of nitrogens with one attached hydrogen (secondary N) is 2. The van der Waals surface area contributed by atoms with Crippen LogP contribution < -0.4 is 10.6 Å². The molecule has 3 rings (SSSR count). The predicted octanol–water partition coefficient (Wildman–Crippen LogP) is 5.64. The van der Waals surface area contributed by atoms with Crippen LogP contribution in [0.3, 0.4) is 0 Å². The van der Waals surface area contributed by atoms with Crippen LogP contribution in [0.1, 0.15) is 15.9 Å². The number of aryl methyl sites for hydroxylation is 1. The van der Waals surface area contributed by atoms with Crippen molar-refractivity contribution >= 4 is 78.2 Å². The van der Waals surface area contributed by atoms with E-state index in [9.17, 15) is 4.79 Å². The normalized spacial score (nSPS) is 10.5. The van der Waals surface area contributed by atoms with Gasteiger partial charge in [0.2, 0.25) is 0 Å². The average molecular weight is 525 g/mol. The molecule has 3 aromatic carbocycles. The second kappa shape index (κ2) is 7.80. The Morgan fingerprint density at radius 1 is 1.08 bits per heavy atom. The van der Waals surface area contributed by atoms with E-state index < -0.39 is 0 Å². The number of halogens is 2. The van der Waals surface area contributed by atoms with Crippen molar-refractivity contribution in [1.29, 1.82) is 0 Å². The highest BCUT2D eigenvalue weighted by molar-refractivity contribution is 14.1. The molecule has 0 aromatic heterocycles. The number of benzene rings is 3. The molecule has 0 saturated heterocycles. The lowest BCUT2D eigenvalue weighted by Gasteiger charge is -2.13. The molecule has 3 nitrogen and oxygen atoms in total. The number of rotatable bonds is 2. The van der Waals surface area contributed by atoms with Gasteiger partial charge < -0.3 is 5.32 Å². The van der Waals surface area contributed by atoms with Gasteiger partial charge in [0.05, 0.1) is 0 Å². The van der Waals surface area contributed by atoms with Gasteiger partial charge in [-0.05, 0) is 88.4 Å². The summed E-state index contributed by atoms with van der Waals surface area (Å²) in [6.45, 7) is 2.00. The maximum absolute atomic E-state index is 12.7. The lowest BCUT2D eigenvalue weighted by atomic mass is 10.0. The van der Waals surface area contributed by atoms with Crippen LogP contribution in [-0.4, -0.2) is 11.0 Å². The summed E-state index contributed by atoms with van der Waals surface area (Å²) in [6, 6.07) is 17.4. The van der Waals surface area contributed by atoms with E-state index in [2.05, 4.69) is 55.2 Å². The number of amides is 1. The molecule has 0 aliphatic carbocycles. The van der Waals surface area contributed by atoms with E-state index in [1.165, 1.54) is 0 Å². The van der Waals surface area contributed by atoms with Crippen molar-refractivity contribution in [2.24, 2.45) is 0 Å². The van der Waals surface area contributed by atoms with Gasteiger partial charge >= 0.3 is 0 Å². The van der Waals surface area contributed by atoms with Crippen LogP contribution in [0.25, 0.3) is 10.8 Å². The number of thiocarbonyl (C=S) groups is 1. The van der Waals surface area contributed by atoms with E-state index in [4.69, 9.17) is 12.2 Å². The molecule has 0 bridgehead atoms. The van der Waals surface area contributed by atoms with Gasteiger partial charge in [-0.3, -0.25) is 10.1 Å². The fourth-order valence-corrected chi connectivity index (χ4v) is 3.91. The first kappa shape index (κ1) is 18.3. The molecule has 0 saturated carbocycles. The van der Waals surface area contributed by atoms with Gasteiger partial charge in [-0.2, -0.15) is 0 Å². The van der Waals surface area contributed by atoms with Crippen molar-refractivity contribution in [1.82, 2.24) is 5.32 Å². The van der Waals surface area contributed by atoms with E-state index in [1.54, 1.807) is 6.07 Å². The number of anilines is 1. The Hall–Kier alpha value is -1.51. The van der Waals surface area contributed by atoms with Gasteiger partial charge in [0.15, 0.2) is 5.11 Å². The summed E-state index contributed by atoms with van der Waals surface area (Å²) in [7, 11) is 0. The first-order valence-corrected chi connectivity index (χ1v) is 9.79. The minimum Gasteiger partial charge on any atom is -0.332 e. The summed E-state index contributed by atoms with van der Waals surface area (Å²) >= 11 is 11.1. The predicted molar refractivity (Wildman–Crippen MR) is 119 cm³/mol. The van der Waals surface area contributed by atoms with Gasteiger partial charge in [0, 0.05) is 19.3 Å². The lowest BCUT2D eigenvalue weighted by Crippen LogP contribution is -2.34. The van der Waals surface area contributed by atoms with Crippen molar-refractivity contribution in [2.45, 2.75) is 6.92 Å². The van der Waals surface area contributed by atoms with Crippen LogP contribution in [0.2, 0.25) is 0 Å². The highest BCUT2D eigenvalue weighted by Crippen LogP contribution is 2.26. The molecule has 0 unspecified atom stereocenters. The monoisotopic (exact) mass is 524 g/mol. The molecular formula is C19H14BrIN2OS. The number of fused-ring (bicyclic) bond motifs is 1. The zero-order chi connectivity index (χ0) is 18.0. The molecule has 25 heavy (non-hydrogen) atoms. The van der Waals surface area contributed by atoms with E-state index >= 15 is 0 Å². The molecule has 2 N–H and O–H groups in total. The Bertz CT molecular complexity index is 990. The van der Waals surface area contributed by atoms with Crippen molar-refractivity contribution in [3.05, 3.63) is 73.8 Å². The van der Waals surface area contributed by atoms with Crippen LogP contribution >= 0.6 is 50.7 Å². The van der Waals surface area contributed by atoms with Gasteiger partial charge in [-0.25, -0.2) is 0 Å². The number of carbonyl (C=O) groups excluding carboxylic acids is 1. The van der Waals surface area contributed by atoms with Gasteiger partial charge in [0.1, 0.15) is 0 Å². The molecule has 0 spiro atoms. The van der Waals surface area contributed by atoms with E-state index in [-0.39, 0.29) is 11.0 Å². The minimum atomic E-state index is -0.232. The lowest BCUT2D eigenvalue weighted by molar-refractivity contribution is 0.0979. The summed E-state index contributed by atoms with van der Waals surface area (Å²) in [5.74, 6) is -0.232. The van der Waals surface area contributed by atoms with Crippen molar-refractivity contribution in [3.63, 3.8) is 0 Å². The number of hydrogen-bond donors (Lipinski definition) is 2. The Kier molecular flexibility index (Phi) is 5.71. The SMILES string of the molecule is Cc1cc(I)ccc1NC(=S)NC(=O)c1cccc2c(Br)cccc12. The summed E-state index contributed by atoms with van der Waals surface area (Å²) in [4.78, 5) is 12.7. The molecular weight excluding hydrogens is 511 g/mol. The molecule has 0 fully saturated rings. The van der Waals surface area contributed by atoms with Crippen LogP contribution in [0.15, 0.2) is 59.1 Å². The molecule has 126 valence electrons. The molecule has 0 aliphatic rings. The van der Waals surface area contributed by atoms with Gasteiger partial charge in [-0.15, -0.1) is 0 Å². The summed E-state index contributed by atoms with van der Waals surface area (Å²) in [6.07, 6.45) is 0. The highest BCUT2D eigenvalue weighted by Gasteiger charge is 2.13. The van der Waals surface area contributed by atoms with E-state index in [1.807, 2.05) is 49.4 Å². The maximum Gasteiger partial charge on any atom is 0.258 e. The fraction of sp³-hybridized carbons (Fsp3) is 0.0526. The van der Waals surface area contributed by atoms with Crippen LogP contribution in [0.5, 0.6) is 0 Å². The van der Waals surface area contributed by atoms with Gasteiger partial charge in [0.25, 0.3) is 5.91 Å². The largest absolute Gasteiger partial charge is 0.332 e. The minimum absolute atomic E-state index is 0.232. The Morgan fingerprint density at radius 2 is 1.80 bits per heavy atom. The standard InChI is InChI=1S/C19H14BrIN2OS/c1-11-10-12(21)8-9-17(11)22-19(25)23-18(24)15-6-2-5-14-13(15)4-3-7-16(14)20/h2-10H,1H3,(H2,22,23,24,25). The second-order valence-corrected chi connectivity index (χ2v) is 8.02. The number of carbonyl (C=O) groups is 1. The van der Waals surface area contributed by atoms with Crippen LogP contribution in [0.4, 0.5) is 5.69 Å². The maximum atomic E-state index is 12.7. The average Bonchev–Trinajstić information content (AvgIpc) is 2.57. The smallest absolute Gasteiger partial charge is 0.258 e. The number of hydrogen-bond acceptors (Lipinski definition) is 2. The quantitative estimate of drug-likeness (QED) is 0.336. The molecule has 1 amide bonds. The van der Waals surface area contributed by atoms with Gasteiger partial charge in [-0.1, -0.05) is 40.2 Å². The van der Waals surface area contributed by atoms with E-state index in [0.717, 1.165) is 30.1 Å². The molecule has 3 aromatic rings. The zero-order valence-electron chi connectivity index (χ0n) is 13.3. The van der Waals surface area contributed by atoms with Crippen LogP contribution in [-0.2, 0) is 0 Å². The Morgan fingerprint density at radius 3 is 2.56 bits per heavy atom. The molecule has 0 aliphatic heterocycles.